The van der Waals surface area contributed by atoms with Crippen molar-refractivity contribution in [2.75, 3.05) is 0 Å². The smallest absolute Gasteiger partial charge is 0.290 e. The van der Waals surface area contributed by atoms with E-state index in [9.17, 15) is 9.59 Å². The summed E-state index contributed by atoms with van der Waals surface area (Å²) in [6, 6.07) is 8.63. The molecular weight excluding hydrogens is 280 g/mol. The lowest BCUT2D eigenvalue weighted by Gasteiger charge is -2.03. The molecule has 0 atom stereocenters. The van der Waals surface area contributed by atoms with Crippen LogP contribution in [0, 0.1) is 0 Å². The standard InChI is InChI=1S/C13H9ClN4O2/c1-18-12(19)9-6-10(7-2-4-8(14)5-3-7)16-17-11(9)15-13(18)20/h2-6H,1H3,(H,15,17,20). The fraction of sp³-hybridized carbons (Fsp3) is 0.0769. The summed E-state index contributed by atoms with van der Waals surface area (Å²) in [5.41, 5.74) is 0.580. The van der Waals surface area contributed by atoms with Crippen molar-refractivity contribution in [2.24, 2.45) is 7.05 Å². The highest BCUT2D eigenvalue weighted by Crippen LogP contribution is 2.20. The number of nitrogens with zero attached hydrogens (tertiary/aromatic N) is 3. The number of H-pyrrole nitrogens is 1. The molecule has 0 radical (unpaired) electrons. The monoisotopic (exact) mass is 288 g/mol. The number of benzene rings is 1. The SMILES string of the molecule is Cn1c(=O)[nH]c2nnc(-c3ccc(Cl)cc3)cc2c1=O. The van der Waals surface area contributed by atoms with Crippen LogP contribution in [0.5, 0.6) is 0 Å². The fourth-order valence-electron chi connectivity index (χ4n) is 1.87. The van der Waals surface area contributed by atoms with Gasteiger partial charge in [-0.2, -0.15) is 0 Å². The summed E-state index contributed by atoms with van der Waals surface area (Å²) in [6.45, 7) is 0. The molecule has 0 saturated heterocycles. The van der Waals surface area contributed by atoms with Crippen LogP contribution in [0.1, 0.15) is 0 Å². The Balaban J connectivity index is 2.28. The van der Waals surface area contributed by atoms with Gasteiger partial charge in [0.1, 0.15) is 0 Å². The van der Waals surface area contributed by atoms with E-state index in [1.807, 2.05) is 0 Å². The van der Waals surface area contributed by atoms with Crippen LogP contribution in [-0.4, -0.2) is 19.7 Å². The highest BCUT2D eigenvalue weighted by Gasteiger charge is 2.09. The van der Waals surface area contributed by atoms with Crippen LogP contribution in [-0.2, 0) is 7.05 Å². The Kier molecular flexibility index (Phi) is 2.87. The molecule has 0 saturated carbocycles. The Bertz CT molecular complexity index is 912. The molecule has 3 aromatic rings. The molecule has 1 N–H and O–H groups in total. The van der Waals surface area contributed by atoms with Crippen LogP contribution in [0.2, 0.25) is 5.02 Å². The predicted octanol–water partition coefficient (Wildman–Crippen LogP) is 1.34. The van der Waals surface area contributed by atoms with E-state index in [0.717, 1.165) is 10.1 Å². The molecule has 100 valence electrons. The first-order valence-corrected chi connectivity index (χ1v) is 6.17. The summed E-state index contributed by atoms with van der Waals surface area (Å²) in [5.74, 6) is 0. The van der Waals surface area contributed by atoms with Crippen LogP contribution >= 0.6 is 11.6 Å². The van der Waals surface area contributed by atoms with Crippen molar-refractivity contribution in [3.63, 3.8) is 0 Å². The predicted molar refractivity (Wildman–Crippen MR) is 75.8 cm³/mol. The molecule has 0 spiro atoms. The van der Waals surface area contributed by atoms with Crippen LogP contribution in [0.3, 0.4) is 0 Å². The molecule has 7 heteroatoms. The molecule has 0 amide bonds. The second-order valence-electron chi connectivity index (χ2n) is 4.29. The van der Waals surface area contributed by atoms with Gasteiger partial charge in [0.2, 0.25) is 0 Å². The van der Waals surface area contributed by atoms with Crippen molar-refractivity contribution in [3.05, 3.63) is 56.2 Å². The van der Waals surface area contributed by atoms with E-state index in [2.05, 4.69) is 15.2 Å². The topological polar surface area (TPSA) is 80.6 Å². The first kappa shape index (κ1) is 12.6. The van der Waals surface area contributed by atoms with Gasteiger partial charge < -0.3 is 0 Å². The van der Waals surface area contributed by atoms with E-state index in [1.54, 1.807) is 30.3 Å². The average Bonchev–Trinajstić information content (AvgIpc) is 2.46. The van der Waals surface area contributed by atoms with Crippen molar-refractivity contribution < 1.29 is 0 Å². The molecular formula is C13H9ClN4O2. The van der Waals surface area contributed by atoms with E-state index in [-0.39, 0.29) is 5.65 Å². The Morgan fingerprint density at radius 2 is 1.85 bits per heavy atom. The molecule has 3 rings (SSSR count). The van der Waals surface area contributed by atoms with Gasteiger partial charge in [-0.3, -0.25) is 14.3 Å². The number of aromatic amines is 1. The lowest BCUT2D eigenvalue weighted by atomic mass is 10.1. The molecule has 0 bridgehead atoms. The molecule has 20 heavy (non-hydrogen) atoms. The number of halogens is 1. The average molecular weight is 289 g/mol. The quantitative estimate of drug-likeness (QED) is 0.732. The van der Waals surface area contributed by atoms with E-state index in [0.29, 0.717) is 16.1 Å². The van der Waals surface area contributed by atoms with E-state index in [4.69, 9.17) is 11.6 Å². The summed E-state index contributed by atoms with van der Waals surface area (Å²) in [7, 11) is 1.41. The van der Waals surface area contributed by atoms with Crippen molar-refractivity contribution >= 4 is 22.6 Å². The van der Waals surface area contributed by atoms with Crippen LogP contribution in [0.15, 0.2) is 39.9 Å². The zero-order valence-electron chi connectivity index (χ0n) is 10.4. The molecule has 0 aliphatic rings. The third-order valence-electron chi connectivity index (χ3n) is 3.00. The van der Waals surface area contributed by atoms with Crippen molar-refractivity contribution in [1.29, 1.82) is 0 Å². The van der Waals surface area contributed by atoms with E-state index in [1.165, 1.54) is 7.05 Å². The van der Waals surface area contributed by atoms with Gasteiger partial charge in [0.05, 0.1) is 11.1 Å². The van der Waals surface area contributed by atoms with Gasteiger partial charge in [-0.1, -0.05) is 23.7 Å². The molecule has 6 nitrogen and oxygen atoms in total. The molecule has 0 fully saturated rings. The Morgan fingerprint density at radius 3 is 2.55 bits per heavy atom. The highest BCUT2D eigenvalue weighted by molar-refractivity contribution is 6.30. The minimum absolute atomic E-state index is 0.177. The minimum Gasteiger partial charge on any atom is -0.290 e. The summed E-state index contributed by atoms with van der Waals surface area (Å²) in [6.07, 6.45) is 0. The first-order valence-electron chi connectivity index (χ1n) is 5.79. The zero-order valence-corrected chi connectivity index (χ0v) is 11.2. The lowest BCUT2D eigenvalue weighted by molar-refractivity contribution is 0.787. The molecule has 0 aliphatic carbocycles. The lowest BCUT2D eigenvalue weighted by Crippen LogP contribution is -2.32. The minimum atomic E-state index is -0.518. The van der Waals surface area contributed by atoms with Gasteiger partial charge in [-0.15, -0.1) is 10.2 Å². The van der Waals surface area contributed by atoms with E-state index < -0.39 is 11.2 Å². The van der Waals surface area contributed by atoms with Crippen LogP contribution in [0.25, 0.3) is 22.3 Å². The van der Waals surface area contributed by atoms with Gasteiger partial charge >= 0.3 is 5.69 Å². The number of aromatic nitrogens is 4. The largest absolute Gasteiger partial charge is 0.329 e. The summed E-state index contributed by atoms with van der Waals surface area (Å²) < 4.78 is 0.996. The number of nitrogens with one attached hydrogen (secondary N) is 1. The second kappa shape index (κ2) is 4.57. The van der Waals surface area contributed by atoms with Gasteiger partial charge in [-0.05, 0) is 18.2 Å². The number of fused-ring (bicyclic) bond motifs is 1. The maximum absolute atomic E-state index is 12.0. The van der Waals surface area contributed by atoms with Crippen molar-refractivity contribution in [3.8, 4) is 11.3 Å². The number of rotatable bonds is 1. The Labute approximate surface area is 117 Å². The van der Waals surface area contributed by atoms with Crippen molar-refractivity contribution in [2.45, 2.75) is 0 Å². The normalized spacial score (nSPS) is 10.9. The zero-order chi connectivity index (χ0) is 14.3. The van der Waals surface area contributed by atoms with Gasteiger partial charge in [0.15, 0.2) is 5.65 Å². The Morgan fingerprint density at radius 1 is 1.15 bits per heavy atom. The van der Waals surface area contributed by atoms with Crippen LogP contribution < -0.4 is 11.2 Å². The molecule has 0 unspecified atom stereocenters. The molecule has 2 aromatic heterocycles. The third-order valence-corrected chi connectivity index (χ3v) is 3.25. The highest BCUT2D eigenvalue weighted by atomic mass is 35.5. The van der Waals surface area contributed by atoms with Gasteiger partial charge in [-0.25, -0.2) is 4.79 Å². The summed E-state index contributed by atoms with van der Waals surface area (Å²) in [5, 5.41) is 8.82. The fourth-order valence-corrected chi connectivity index (χ4v) is 1.99. The molecule has 0 aliphatic heterocycles. The summed E-state index contributed by atoms with van der Waals surface area (Å²) >= 11 is 5.83. The molecule has 2 heterocycles. The van der Waals surface area contributed by atoms with Crippen molar-refractivity contribution in [1.82, 2.24) is 19.7 Å². The second-order valence-corrected chi connectivity index (χ2v) is 4.73. The Hall–Kier alpha value is -2.47. The third kappa shape index (κ3) is 2.00. The maximum Gasteiger partial charge on any atom is 0.329 e. The maximum atomic E-state index is 12.0. The first-order chi connectivity index (χ1) is 9.56. The van der Waals surface area contributed by atoms with Crippen LogP contribution in [0.4, 0.5) is 0 Å². The molecule has 1 aromatic carbocycles. The van der Waals surface area contributed by atoms with Gasteiger partial charge in [0.25, 0.3) is 5.56 Å². The number of hydrogen-bond acceptors (Lipinski definition) is 4. The van der Waals surface area contributed by atoms with Gasteiger partial charge in [0, 0.05) is 17.6 Å². The summed E-state index contributed by atoms with van der Waals surface area (Å²) in [4.78, 5) is 26.0. The number of hydrogen-bond donors (Lipinski definition) is 1. The van der Waals surface area contributed by atoms with E-state index >= 15 is 0 Å².